The highest BCUT2D eigenvalue weighted by Crippen LogP contribution is 2.40. The second-order valence-corrected chi connectivity index (χ2v) is 17.0. The highest BCUT2D eigenvalue weighted by Gasteiger charge is 2.42. The second-order valence-electron chi connectivity index (χ2n) is 15.1. The van der Waals surface area contributed by atoms with Gasteiger partial charge in [0.2, 0.25) is 0 Å². The first-order valence-corrected chi connectivity index (χ1v) is 19.9. The van der Waals surface area contributed by atoms with E-state index >= 15 is 0 Å². The summed E-state index contributed by atoms with van der Waals surface area (Å²) < 4.78 is 81.5. The van der Waals surface area contributed by atoms with Crippen molar-refractivity contribution in [1.82, 2.24) is 14.3 Å². The number of carbonyl (C=O) groups is 1. The average Bonchev–Trinajstić information content (AvgIpc) is 3.18. The van der Waals surface area contributed by atoms with Crippen molar-refractivity contribution < 1.29 is 40.9 Å². The van der Waals surface area contributed by atoms with Crippen molar-refractivity contribution >= 4 is 27.4 Å². The summed E-state index contributed by atoms with van der Waals surface area (Å²) in [5.74, 6) is -2.03. The van der Waals surface area contributed by atoms with Gasteiger partial charge in [0.05, 0.1) is 34.0 Å². The van der Waals surface area contributed by atoms with Crippen molar-refractivity contribution in [2.75, 3.05) is 51.7 Å². The fraction of sp³-hybridized carbons (Fsp3) is 0.439. The summed E-state index contributed by atoms with van der Waals surface area (Å²) in [6.45, 7) is 5.68. The summed E-state index contributed by atoms with van der Waals surface area (Å²) >= 11 is 0. The molecule has 1 atom stereocenters. The first kappa shape index (κ1) is 40.6. The zero-order valence-corrected chi connectivity index (χ0v) is 33.6. The first-order valence-electron chi connectivity index (χ1n) is 18.4. The second kappa shape index (κ2) is 16.2. The maximum Gasteiger partial charge on any atom is 0.261 e. The van der Waals surface area contributed by atoms with Crippen LogP contribution in [0.2, 0.25) is 0 Å². The third-order valence-electron chi connectivity index (χ3n) is 10.6. The van der Waals surface area contributed by atoms with E-state index in [1.807, 2.05) is 6.07 Å². The quantitative estimate of drug-likeness (QED) is 0.149. The number of benzene rings is 2. The molecule has 1 fully saturated rings. The Labute approximate surface area is 327 Å². The van der Waals surface area contributed by atoms with Crippen molar-refractivity contribution in [3.8, 4) is 23.0 Å². The number of amides is 1. The lowest BCUT2D eigenvalue weighted by atomic mass is 9.76. The lowest BCUT2D eigenvalue weighted by molar-refractivity contribution is -0.0652. The minimum absolute atomic E-state index is 0.00704. The number of ether oxygens (including phenoxy) is 4. The van der Waals surface area contributed by atoms with Gasteiger partial charge in [-0.15, -0.1) is 0 Å². The predicted octanol–water partition coefficient (Wildman–Crippen LogP) is 7.15. The highest BCUT2D eigenvalue weighted by atomic mass is 32.2. The molecule has 1 unspecified atom stereocenters. The molecule has 0 radical (unpaired) electrons. The fourth-order valence-corrected chi connectivity index (χ4v) is 8.53. The van der Waals surface area contributed by atoms with Gasteiger partial charge in [0, 0.05) is 85.4 Å². The summed E-state index contributed by atoms with van der Waals surface area (Å²) in [6, 6.07) is 14.8. The number of hydrogen-bond donors (Lipinski definition) is 1. The molecule has 3 heterocycles. The van der Waals surface area contributed by atoms with Crippen LogP contribution in [-0.4, -0.2) is 76.0 Å². The summed E-state index contributed by atoms with van der Waals surface area (Å²) in [5.41, 5.74) is 3.34. The van der Waals surface area contributed by atoms with Gasteiger partial charge in [-0.05, 0) is 54.5 Å². The average molecular weight is 794 g/mol. The molecule has 1 aliphatic carbocycles. The van der Waals surface area contributed by atoms with Crippen molar-refractivity contribution in [3.63, 3.8) is 0 Å². The van der Waals surface area contributed by atoms with Crippen LogP contribution in [0, 0.1) is 11.3 Å². The molecule has 1 N–H and O–H groups in total. The molecule has 6 rings (SSSR count). The molecule has 0 bridgehead atoms. The van der Waals surface area contributed by atoms with Crippen molar-refractivity contribution in [1.29, 1.82) is 0 Å². The molecular formula is C41H49F2N5O7S. The van der Waals surface area contributed by atoms with Gasteiger partial charge in [0.1, 0.15) is 28.8 Å². The van der Waals surface area contributed by atoms with Crippen LogP contribution in [0.4, 0.5) is 20.3 Å². The zero-order chi connectivity index (χ0) is 40.4. The summed E-state index contributed by atoms with van der Waals surface area (Å²) in [6.07, 6.45) is 3.28. The number of aromatic nitrogens is 2. The molecule has 4 aromatic rings. The molecule has 15 heteroatoms. The Morgan fingerprint density at radius 2 is 1.54 bits per heavy atom. The number of halogens is 2. The molecule has 1 saturated heterocycles. The summed E-state index contributed by atoms with van der Waals surface area (Å²) in [7, 11) is 1.67. The molecule has 300 valence electrons. The monoisotopic (exact) mass is 793 g/mol. The fourth-order valence-electron chi connectivity index (χ4n) is 7.18. The largest absolute Gasteiger partial charge is 0.497 e. The molecule has 2 aromatic heterocycles. The molecule has 2 aliphatic rings. The molecule has 2 aromatic carbocycles. The van der Waals surface area contributed by atoms with Crippen LogP contribution in [0.25, 0.3) is 0 Å². The molecular weight excluding hydrogens is 745 g/mol. The number of rotatable bonds is 13. The number of anilines is 2. The SMILES string of the molecule is COc1ccc(CN(Cc2ccc(OC)cc2OC)S(=O)(=O)c2cc(NC(=O)c3cc4c(nc3N3CCC(F)(F)C(C)C3)CC(C)(C)CC4)ccn2)c(OC)c1. The van der Waals surface area contributed by atoms with Crippen LogP contribution in [0.3, 0.4) is 0 Å². The van der Waals surface area contributed by atoms with E-state index in [1.54, 1.807) is 41.3 Å². The van der Waals surface area contributed by atoms with Crippen LogP contribution in [0.5, 0.6) is 23.0 Å². The normalized spacial score (nSPS) is 17.5. The number of methoxy groups -OCH3 is 4. The number of nitrogens with one attached hydrogen (secondary N) is 1. The number of nitrogens with zero attached hydrogens (tertiary/aromatic N) is 4. The van der Waals surface area contributed by atoms with E-state index in [0.717, 1.165) is 24.1 Å². The number of piperidine rings is 1. The van der Waals surface area contributed by atoms with Gasteiger partial charge in [-0.25, -0.2) is 27.2 Å². The Morgan fingerprint density at radius 1 is 0.911 bits per heavy atom. The van der Waals surface area contributed by atoms with E-state index in [0.29, 0.717) is 46.4 Å². The van der Waals surface area contributed by atoms with Crippen LogP contribution < -0.4 is 29.2 Å². The zero-order valence-electron chi connectivity index (χ0n) is 32.8. The Kier molecular flexibility index (Phi) is 11.8. The minimum Gasteiger partial charge on any atom is -0.497 e. The van der Waals surface area contributed by atoms with Crippen molar-refractivity contribution in [2.45, 2.75) is 70.5 Å². The Bertz CT molecular complexity index is 2140. The van der Waals surface area contributed by atoms with Gasteiger partial charge in [-0.1, -0.05) is 32.9 Å². The van der Waals surface area contributed by atoms with Gasteiger partial charge in [-0.3, -0.25) is 4.79 Å². The highest BCUT2D eigenvalue weighted by molar-refractivity contribution is 7.89. The van der Waals surface area contributed by atoms with Crippen molar-refractivity contribution in [2.24, 2.45) is 11.3 Å². The molecule has 0 spiro atoms. The number of hydrogen-bond acceptors (Lipinski definition) is 10. The maximum absolute atomic E-state index is 14.6. The number of sulfonamides is 1. The number of fused-ring (bicyclic) bond motifs is 1. The smallest absolute Gasteiger partial charge is 0.261 e. The van der Waals surface area contributed by atoms with Gasteiger partial charge >= 0.3 is 0 Å². The molecule has 56 heavy (non-hydrogen) atoms. The van der Waals surface area contributed by atoms with Crippen molar-refractivity contribution in [3.05, 3.63) is 88.7 Å². The third-order valence-corrected chi connectivity index (χ3v) is 12.3. The van der Waals surface area contributed by atoms with E-state index in [-0.39, 0.29) is 54.3 Å². The van der Waals surface area contributed by atoms with Crippen LogP contribution in [0.15, 0.2) is 65.8 Å². The Morgan fingerprint density at radius 3 is 2.11 bits per heavy atom. The summed E-state index contributed by atoms with van der Waals surface area (Å²) in [4.78, 5) is 25.1. The van der Waals surface area contributed by atoms with E-state index in [2.05, 4.69) is 24.1 Å². The number of pyridine rings is 2. The number of alkyl halides is 2. The van der Waals surface area contributed by atoms with Gasteiger partial charge in [0.25, 0.3) is 21.9 Å². The maximum atomic E-state index is 14.6. The van der Waals surface area contributed by atoms with Crippen LogP contribution in [-0.2, 0) is 36.0 Å². The first-order chi connectivity index (χ1) is 26.6. The number of aryl methyl sites for hydroxylation is 1. The molecule has 0 saturated carbocycles. The molecule has 1 amide bonds. The van der Waals surface area contributed by atoms with E-state index < -0.39 is 27.8 Å². The topological polar surface area (TPSA) is 132 Å². The lowest BCUT2D eigenvalue weighted by Gasteiger charge is -2.39. The Hall–Kier alpha value is -5.02. The van der Waals surface area contributed by atoms with Crippen LogP contribution in [0.1, 0.15) is 66.4 Å². The number of carbonyl (C=O) groups excluding carboxylic acids is 1. The van der Waals surface area contributed by atoms with E-state index in [9.17, 15) is 22.0 Å². The van der Waals surface area contributed by atoms with Crippen LogP contribution >= 0.6 is 0 Å². The minimum atomic E-state index is -4.36. The third kappa shape index (κ3) is 8.68. The van der Waals surface area contributed by atoms with E-state index in [1.165, 1.54) is 58.0 Å². The standard InChI is InChI=1S/C41H49F2N5O7S/c1-26-23-47(17-15-41(26,42)43)38-33(18-27-12-14-40(2,3)22-34(27)46-38)39(49)45-30-13-16-44-37(19-30)56(50,51)48(24-28-8-10-31(52-4)20-35(28)54-6)25-29-9-11-32(53-5)21-36(29)55-7/h8-11,13,16,18-21,26H,12,14-15,17,22-25H2,1-7H3,(H,44,45,49). The predicted molar refractivity (Wildman–Crippen MR) is 209 cm³/mol. The van der Waals surface area contributed by atoms with Gasteiger partial charge < -0.3 is 29.2 Å². The van der Waals surface area contributed by atoms with Gasteiger partial charge in [0.15, 0.2) is 5.03 Å². The van der Waals surface area contributed by atoms with Gasteiger partial charge in [-0.2, -0.15) is 4.31 Å². The lowest BCUT2D eigenvalue weighted by Crippen LogP contribution is -2.47. The Balaban J connectivity index is 1.35. The van der Waals surface area contributed by atoms with E-state index in [4.69, 9.17) is 23.9 Å². The molecule has 12 nitrogen and oxygen atoms in total. The molecule has 1 aliphatic heterocycles. The summed E-state index contributed by atoms with van der Waals surface area (Å²) in [5, 5.41) is 2.54.